The van der Waals surface area contributed by atoms with E-state index in [1.807, 2.05) is 53.7 Å². The average Bonchev–Trinajstić information content (AvgIpc) is 2.99. The zero-order valence-electron chi connectivity index (χ0n) is 18.6. The van der Waals surface area contributed by atoms with Gasteiger partial charge >= 0.3 is 0 Å². The number of amides is 1. The smallest absolute Gasteiger partial charge is 0.243 e. The van der Waals surface area contributed by atoms with Crippen LogP contribution in [0.25, 0.3) is 0 Å². The Balaban J connectivity index is 1.65. The molecule has 2 heterocycles. The van der Waals surface area contributed by atoms with Gasteiger partial charge in [0, 0.05) is 32.6 Å². The van der Waals surface area contributed by atoms with Crippen LogP contribution in [0.4, 0.5) is 0 Å². The molecule has 0 spiro atoms. The Hall–Kier alpha value is -2.26. The first-order valence-electron chi connectivity index (χ1n) is 10.3. The van der Waals surface area contributed by atoms with Crippen molar-refractivity contribution in [1.82, 2.24) is 24.0 Å². The Kier molecular flexibility index (Phi) is 6.33. The number of nitrogens with zero attached hydrogens (tertiary/aromatic N) is 5. The molecule has 3 rings (SSSR count). The minimum Gasteiger partial charge on any atom is -0.340 e. The molecule has 1 unspecified atom stereocenters. The standard InChI is InChI=1S/C21H31N5O3S/c1-14-11-15(2)21(16(3)12-14)30(28,29)25-9-7-24(8-10-25)20(27)13-17(4)26-19(6)22-18(5)23-26/h11-12,17H,7-10,13H2,1-6H3. The summed E-state index contributed by atoms with van der Waals surface area (Å²) in [6.45, 7) is 12.7. The van der Waals surface area contributed by atoms with E-state index in [9.17, 15) is 13.2 Å². The highest BCUT2D eigenvalue weighted by Gasteiger charge is 2.32. The Morgan fingerprint density at radius 1 is 1.03 bits per heavy atom. The van der Waals surface area contributed by atoms with E-state index in [2.05, 4.69) is 10.1 Å². The van der Waals surface area contributed by atoms with Crippen LogP contribution in [-0.2, 0) is 14.8 Å². The Labute approximate surface area is 178 Å². The molecule has 8 nitrogen and oxygen atoms in total. The second-order valence-electron chi connectivity index (χ2n) is 8.22. The third-order valence-corrected chi connectivity index (χ3v) is 7.79. The summed E-state index contributed by atoms with van der Waals surface area (Å²) < 4.78 is 29.7. The van der Waals surface area contributed by atoms with E-state index in [1.165, 1.54) is 4.31 Å². The van der Waals surface area contributed by atoms with Crippen molar-refractivity contribution in [3.05, 3.63) is 40.5 Å². The molecule has 1 saturated heterocycles. The topological polar surface area (TPSA) is 88.4 Å². The lowest BCUT2D eigenvalue weighted by atomic mass is 10.1. The summed E-state index contributed by atoms with van der Waals surface area (Å²) >= 11 is 0. The van der Waals surface area contributed by atoms with Gasteiger partial charge in [0.2, 0.25) is 15.9 Å². The van der Waals surface area contributed by atoms with Gasteiger partial charge in [0.15, 0.2) is 0 Å². The maximum absolute atomic E-state index is 13.2. The fourth-order valence-electron chi connectivity index (χ4n) is 4.30. The minimum atomic E-state index is -3.59. The SMILES string of the molecule is Cc1cc(C)c(S(=O)(=O)N2CCN(C(=O)CC(C)n3nc(C)nc3C)CC2)c(C)c1. The fourth-order valence-corrected chi connectivity index (χ4v) is 6.14. The van der Waals surface area contributed by atoms with Gasteiger partial charge in [0.1, 0.15) is 11.6 Å². The summed E-state index contributed by atoms with van der Waals surface area (Å²) in [5, 5.41) is 4.36. The van der Waals surface area contributed by atoms with E-state index >= 15 is 0 Å². The van der Waals surface area contributed by atoms with Gasteiger partial charge in [-0.1, -0.05) is 17.7 Å². The largest absolute Gasteiger partial charge is 0.340 e. The van der Waals surface area contributed by atoms with E-state index in [4.69, 9.17) is 0 Å². The molecule has 1 aliphatic rings. The normalized spacial score (nSPS) is 16.7. The fraction of sp³-hybridized carbons (Fsp3) is 0.571. The minimum absolute atomic E-state index is 0.00907. The van der Waals surface area contributed by atoms with Gasteiger partial charge in [-0.05, 0) is 52.7 Å². The van der Waals surface area contributed by atoms with E-state index in [0.717, 1.165) is 22.5 Å². The van der Waals surface area contributed by atoms with Crippen molar-refractivity contribution in [3.63, 3.8) is 0 Å². The number of aromatic nitrogens is 3. The summed E-state index contributed by atoms with van der Waals surface area (Å²) in [6, 6.07) is 3.70. The van der Waals surface area contributed by atoms with Gasteiger partial charge in [-0.15, -0.1) is 0 Å². The highest BCUT2D eigenvalue weighted by molar-refractivity contribution is 7.89. The van der Waals surface area contributed by atoms with Crippen LogP contribution in [0.5, 0.6) is 0 Å². The number of carbonyl (C=O) groups excluding carboxylic acids is 1. The molecule has 1 aromatic heterocycles. The lowest BCUT2D eigenvalue weighted by Gasteiger charge is -2.35. The van der Waals surface area contributed by atoms with Crippen molar-refractivity contribution in [2.24, 2.45) is 0 Å². The van der Waals surface area contributed by atoms with Crippen LogP contribution in [0.15, 0.2) is 17.0 Å². The number of aryl methyl sites for hydroxylation is 5. The van der Waals surface area contributed by atoms with Crippen molar-refractivity contribution in [2.45, 2.75) is 58.9 Å². The zero-order valence-corrected chi connectivity index (χ0v) is 19.5. The maximum Gasteiger partial charge on any atom is 0.243 e. The van der Waals surface area contributed by atoms with Crippen molar-refractivity contribution >= 4 is 15.9 Å². The lowest BCUT2D eigenvalue weighted by Crippen LogP contribution is -2.50. The van der Waals surface area contributed by atoms with Gasteiger partial charge in [0.25, 0.3) is 0 Å². The first-order chi connectivity index (χ1) is 14.0. The number of hydrogen-bond donors (Lipinski definition) is 0. The van der Waals surface area contributed by atoms with Crippen LogP contribution in [-0.4, -0.2) is 64.5 Å². The van der Waals surface area contributed by atoms with Crippen LogP contribution < -0.4 is 0 Å². The number of carbonyl (C=O) groups is 1. The molecule has 164 valence electrons. The molecule has 30 heavy (non-hydrogen) atoms. The molecular formula is C21H31N5O3S. The maximum atomic E-state index is 13.2. The van der Waals surface area contributed by atoms with Crippen molar-refractivity contribution < 1.29 is 13.2 Å². The third kappa shape index (κ3) is 4.41. The van der Waals surface area contributed by atoms with Crippen molar-refractivity contribution in [1.29, 1.82) is 0 Å². The van der Waals surface area contributed by atoms with Gasteiger partial charge in [-0.2, -0.15) is 9.40 Å². The molecule has 0 bridgehead atoms. The Bertz CT molecular complexity index is 1030. The highest BCUT2D eigenvalue weighted by atomic mass is 32.2. The molecule has 1 atom stereocenters. The van der Waals surface area contributed by atoms with Crippen molar-refractivity contribution in [2.75, 3.05) is 26.2 Å². The number of benzene rings is 1. The van der Waals surface area contributed by atoms with E-state index in [0.29, 0.717) is 43.3 Å². The van der Waals surface area contributed by atoms with Crippen molar-refractivity contribution in [3.8, 4) is 0 Å². The molecule has 0 saturated carbocycles. The molecule has 0 N–H and O–H groups in total. The third-order valence-electron chi connectivity index (χ3n) is 5.59. The van der Waals surface area contributed by atoms with Crippen LogP contribution in [0.3, 0.4) is 0 Å². The first kappa shape index (κ1) is 22.4. The summed E-state index contributed by atoms with van der Waals surface area (Å²) in [6.07, 6.45) is 0.312. The molecule has 9 heteroatoms. The van der Waals surface area contributed by atoms with Gasteiger partial charge in [-0.25, -0.2) is 18.1 Å². The summed E-state index contributed by atoms with van der Waals surface area (Å²) in [7, 11) is -3.59. The number of sulfonamides is 1. The molecule has 0 radical (unpaired) electrons. The second kappa shape index (κ2) is 8.47. The van der Waals surface area contributed by atoms with E-state index < -0.39 is 10.0 Å². The average molecular weight is 434 g/mol. The Morgan fingerprint density at radius 2 is 1.60 bits per heavy atom. The number of rotatable bonds is 5. The van der Waals surface area contributed by atoms with Gasteiger partial charge < -0.3 is 4.90 Å². The van der Waals surface area contributed by atoms with Gasteiger partial charge in [0.05, 0.1) is 10.9 Å². The molecule has 1 fully saturated rings. The van der Waals surface area contributed by atoms with Gasteiger partial charge in [-0.3, -0.25) is 4.79 Å². The molecule has 0 aliphatic carbocycles. The summed E-state index contributed by atoms with van der Waals surface area (Å²) in [4.78, 5) is 19.2. The highest BCUT2D eigenvalue weighted by Crippen LogP contribution is 2.26. The number of piperazine rings is 1. The van der Waals surface area contributed by atoms with Crippen LogP contribution in [0.2, 0.25) is 0 Å². The molecule has 2 aromatic rings. The Morgan fingerprint density at radius 3 is 2.10 bits per heavy atom. The van der Waals surface area contributed by atoms with E-state index in [1.54, 1.807) is 9.58 Å². The molecular weight excluding hydrogens is 402 g/mol. The second-order valence-corrected chi connectivity index (χ2v) is 10.1. The first-order valence-corrected chi connectivity index (χ1v) is 11.7. The zero-order chi connectivity index (χ0) is 22.2. The predicted octanol–water partition coefficient (Wildman–Crippen LogP) is 2.30. The van der Waals surface area contributed by atoms with E-state index in [-0.39, 0.29) is 11.9 Å². The summed E-state index contributed by atoms with van der Waals surface area (Å²) in [5.41, 5.74) is 2.57. The summed E-state index contributed by atoms with van der Waals surface area (Å²) in [5.74, 6) is 1.48. The predicted molar refractivity (Wildman–Crippen MR) is 115 cm³/mol. The quantitative estimate of drug-likeness (QED) is 0.722. The molecule has 1 aliphatic heterocycles. The monoisotopic (exact) mass is 433 g/mol. The van der Waals surface area contributed by atoms with Crippen LogP contribution in [0, 0.1) is 34.6 Å². The molecule has 1 amide bonds. The van der Waals surface area contributed by atoms with Crippen LogP contribution >= 0.6 is 0 Å². The number of hydrogen-bond acceptors (Lipinski definition) is 5. The molecule has 1 aromatic carbocycles. The van der Waals surface area contributed by atoms with Crippen LogP contribution in [0.1, 0.15) is 47.7 Å². The lowest BCUT2D eigenvalue weighted by molar-refractivity contribution is -0.133.